The Labute approximate surface area is 180 Å². The van der Waals surface area contributed by atoms with Crippen LogP contribution < -0.4 is 4.74 Å². The lowest BCUT2D eigenvalue weighted by Gasteiger charge is -2.20. The zero-order valence-electron chi connectivity index (χ0n) is 17.9. The lowest BCUT2D eigenvalue weighted by molar-refractivity contribution is 0.263. The van der Waals surface area contributed by atoms with Crippen LogP contribution in [0.25, 0.3) is 11.0 Å². The van der Waals surface area contributed by atoms with E-state index in [2.05, 4.69) is 58.5 Å². The Hall–Kier alpha value is -2.59. The number of nitrogens with zero attached hydrogens (tertiary/aromatic N) is 3. The Bertz CT molecular complexity index is 954. The second-order valence-corrected chi connectivity index (χ2v) is 8.16. The maximum absolute atomic E-state index is 6.11. The molecule has 0 unspecified atom stereocenters. The first-order valence-electron chi connectivity index (χ1n) is 11.3. The van der Waals surface area contributed by atoms with Crippen molar-refractivity contribution in [3.8, 4) is 5.75 Å². The SMILES string of the molecule is C=CCc1ccccc1OCCCn1c(CN2CCCCCC2)nc2ccccc21. The minimum Gasteiger partial charge on any atom is -0.493 e. The van der Waals surface area contributed by atoms with Crippen LogP contribution >= 0.6 is 0 Å². The summed E-state index contributed by atoms with van der Waals surface area (Å²) < 4.78 is 8.52. The zero-order valence-corrected chi connectivity index (χ0v) is 17.9. The van der Waals surface area contributed by atoms with E-state index < -0.39 is 0 Å². The summed E-state index contributed by atoms with van der Waals surface area (Å²) in [5.74, 6) is 2.16. The molecule has 0 amide bonds. The molecule has 1 aliphatic heterocycles. The number of likely N-dealkylation sites (tertiary alicyclic amines) is 1. The minimum absolute atomic E-state index is 0.698. The van der Waals surface area contributed by atoms with Gasteiger partial charge in [0.05, 0.1) is 24.2 Å². The van der Waals surface area contributed by atoms with Gasteiger partial charge in [0.2, 0.25) is 0 Å². The number of hydrogen-bond acceptors (Lipinski definition) is 3. The molecule has 0 atom stereocenters. The lowest BCUT2D eigenvalue weighted by Crippen LogP contribution is -2.26. The van der Waals surface area contributed by atoms with Crippen molar-refractivity contribution in [2.24, 2.45) is 0 Å². The van der Waals surface area contributed by atoms with E-state index in [9.17, 15) is 0 Å². The fraction of sp³-hybridized carbons (Fsp3) is 0.423. The molecule has 2 heterocycles. The van der Waals surface area contributed by atoms with Gasteiger partial charge in [-0.3, -0.25) is 4.90 Å². The molecule has 0 aliphatic carbocycles. The lowest BCUT2D eigenvalue weighted by atomic mass is 10.1. The second-order valence-electron chi connectivity index (χ2n) is 8.16. The standard InChI is InChI=1S/C26H33N3O/c1-2-12-22-13-5-8-16-25(22)30-20-11-19-29-24-15-7-6-14-23(24)27-26(29)21-28-17-9-3-4-10-18-28/h2,5-8,13-16H,1,3-4,9-12,17-21H2. The molecule has 3 aromatic rings. The summed E-state index contributed by atoms with van der Waals surface area (Å²) in [6, 6.07) is 16.8. The summed E-state index contributed by atoms with van der Waals surface area (Å²) in [5.41, 5.74) is 3.52. The van der Waals surface area contributed by atoms with Gasteiger partial charge < -0.3 is 9.30 Å². The van der Waals surface area contributed by atoms with Crippen molar-refractivity contribution in [1.29, 1.82) is 0 Å². The molecule has 0 radical (unpaired) electrons. The van der Waals surface area contributed by atoms with E-state index in [0.717, 1.165) is 37.2 Å². The van der Waals surface area contributed by atoms with Crippen LogP contribution in [-0.4, -0.2) is 34.1 Å². The van der Waals surface area contributed by atoms with Crippen molar-refractivity contribution >= 4 is 11.0 Å². The van der Waals surface area contributed by atoms with Crippen LogP contribution in [0.3, 0.4) is 0 Å². The summed E-state index contributed by atoms with van der Waals surface area (Å²) in [6.45, 7) is 8.79. The summed E-state index contributed by atoms with van der Waals surface area (Å²) >= 11 is 0. The van der Waals surface area contributed by atoms with Gasteiger partial charge >= 0.3 is 0 Å². The molecule has 1 aliphatic rings. The molecule has 158 valence electrons. The number of rotatable bonds is 9. The molecule has 0 bridgehead atoms. The van der Waals surface area contributed by atoms with Gasteiger partial charge in [0.15, 0.2) is 0 Å². The maximum atomic E-state index is 6.11. The average molecular weight is 404 g/mol. The second kappa shape index (κ2) is 10.4. The van der Waals surface area contributed by atoms with Gasteiger partial charge in [-0.2, -0.15) is 0 Å². The number of imidazole rings is 1. The quantitative estimate of drug-likeness (QED) is 0.344. The Balaban J connectivity index is 1.43. The van der Waals surface area contributed by atoms with Gasteiger partial charge in [0.1, 0.15) is 11.6 Å². The smallest absolute Gasteiger partial charge is 0.124 e. The highest BCUT2D eigenvalue weighted by Gasteiger charge is 2.15. The first-order chi connectivity index (χ1) is 14.8. The van der Waals surface area contributed by atoms with Gasteiger partial charge in [-0.25, -0.2) is 4.98 Å². The fourth-order valence-corrected chi connectivity index (χ4v) is 4.36. The number of fused-ring (bicyclic) bond motifs is 1. The molecule has 1 saturated heterocycles. The van der Waals surface area contributed by atoms with Crippen LogP contribution in [0.2, 0.25) is 0 Å². The maximum Gasteiger partial charge on any atom is 0.124 e. The third-order valence-electron chi connectivity index (χ3n) is 5.92. The molecular formula is C26H33N3O. The van der Waals surface area contributed by atoms with Gasteiger partial charge in [-0.05, 0) is 62.5 Å². The highest BCUT2D eigenvalue weighted by Crippen LogP contribution is 2.21. The Morgan fingerprint density at radius 3 is 2.57 bits per heavy atom. The summed E-state index contributed by atoms with van der Waals surface area (Å²) in [7, 11) is 0. The van der Waals surface area contributed by atoms with Crippen molar-refractivity contribution in [2.45, 2.75) is 51.6 Å². The molecule has 4 nitrogen and oxygen atoms in total. The zero-order chi connectivity index (χ0) is 20.6. The molecule has 2 aromatic carbocycles. The predicted octanol–water partition coefficient (Wildman–Crippen LogP) is 5.61. The number of para-hydroxylation sites is 3. The third kappa shape index (κ3) is 5.11. The van der Waals surface area contributed by atoms with Crippen LogP contribution in [0.15, 0.2) is 61.2 Å². The third-order valence-corrected chi connectivity index (χ3v) is 5.92. The topological polar surface area (TPSA) is 30.3 Å². The molecule has 1 fully saturated rings. The highest BCUT2D eigenvalue weighted by atomic mass is 16.5. The largest absolute Gasteiger partial charge is 0.493 e. The van der Waals surface area contributed by atoms with Crippen molar-refractivity contribution < 1.29 is 4.74 Å². The monoisotopic (exact) mass is 403 g/mol. The number of aromatic nitrogens is 2. The van der Waals surface area contributed by atoms with Gasteiger partial charge in [-0.1, -0.05) is 49.2 Å². The van der Waals surface area contributed by atoms with Crippen LogP contribution in [0.4, 0.5) is 0 Å². The Morgan fingerprint density at radius 2 is 1.73 bits per heavy atom. The molecule has 0 N–H and O–H groups in total. The van der Waals surface area contributed by atoms with Gasteiger partial charge in [0.25, 0.3) is 0 Å². The van der Waals surface area contributed by atoms with Crippen molar-refractivity contribution in [3.05, 3.63) is 72.6 Å². The minimum atomic E-state index is 0.698. The molecule has 0 saturated carbocycles. The van der Waals surface area contributed by atoms with Crippen LogP contribution in [0.5, 0.6) is 5.75 Å². The number of aryl methyl sites for hydroxylation is 1. The predicted molar refractivity (Wildman–Crippen MR) is 124 cm³/mol. The normalized spacial score (nSPS) is 15.2. The van der Waals surface area contributed by atoms with Crippen molar-refractivity contribution in [2.75, 3.05) is 19.7 Å². The molecular weight excluding hydrogens is 370 g/mol. The highest BCUT2D eigenvalue weighted by molar-refractivity contribution is 5.75. The van der Waals surface area contributed by atoms with Gasteiger partial charge in [-0.15, -0.1) is 6.58 Å². The van der Waals surface area contributed by atoms with Crippen LogP contribution in [0.1, 0.15) is 43.5 Å². The molecule has 1 aromatic heterocycles. The van der Waals surface area contributed by atoms with E-state index >= 15 is 0 Å². The summed E-state index contributed by atoms with van der Waals surface area (Å²) in [4.78, 5) is 7.56. The molecule has 4 heteroatoms. The Morgan fingerprint density at radius 1 is 0.967 bits per heavy atom. The van der Waals surface area contributed by atoms with Crippen LogP contribution in [0, 0.1) is 0 Å². The van der Waals surface area contributed by atoms with Crippen LogP contribution in [-0.2, 0) is 19.5 Å². The summed E-state index contributed by atoms with van der Waals surface area (Å²) in [5, 5.41) is 0. The number of ether oxygens (including phenoxy) is 1. The van der Waals surface area contributed by atoms with E-state index in [0.29, 0.717) is 6.61 Å². The van der Waals surface area contributed by atoms with Crippen molar-refractivity contribution in [3.63, 3.8) is 0 Å². The first-order valence-corrected chi connectivity index (χ1v) is 11.3. The molecule has 30 heavy (non-hydrogen) atoms. The van der Waals surface area contributed by atoms with E-state index in [1.54, 1.807) is 0 Å². The first kappa shape index (κ1) is 20.7. The number of benzene rings is 2. The average Bonchev–Trinajstić information content (AvgIpc) is 2.92. The van der Waals surface area contributed by atoms with Crippen molar-refractivity contribution in [1.82, 2.24) is 14.5 Å². The number of allylic oxidation sites excluding steroid dienone is 1. The number of hydrogen-bond donors (Lipinski definition) is 0. The molecule has 4 rings (SSSR count). The van der Waals surface area contributed by atoms with E-state index in [1.165, 1.54) is 55.7 Å². The van der Waals surface area contributed by atoms with E-state index in [-0.39, 0.29) is 0 Å². The Kier molecular flexibility index (Phi) is 7.20. The molecule has 0 spiro atoms. The van der Waals surface area contributed by atoms with E-state index in [1.807, 2.05) is 12.1 Å². The van der Waals surface area contributed by atoms with Gasteiger partial charge in [0, 0.05) is 6.54 Å². The summed E-state index contributed by atoms with van der Waals surface area (Å²) in [6.07, 6.45) is 9.04. The van der Waals surface area contributed by atoms with E-state index in [4.69, 9.17) is 9.72 Å². The fourth-order valence-electron chi connectivity index (χ4n) is 4.36.